The molecule has 0 aromatic carbocycles. The van der Waals surface area contributed by atoms with E-state index in [4.69, 9.17) is 16.2 Å². The Bertz CT molecular complexity index is 968. The van der Waals surface area contributed by atoms with Gasteiger partial charge in [0, 0.05) is 29.0 Å². The number of hydrogen-bond donors (Lipinski definition) is 1. The summed E-state index contributed by atoms with van der Waals surface area (Å²) in [5.74, 6) is -0.439. The molecule has 0 fully saturated rings. The summed E-state index contributed by atoms with van der Waals surface area (Å²) in [6.45, 7) is 1.78. The van der Waals surface area contributed by atoms with Gasteiger partial charge in [0.25, 0.3) is 10.1 Å². The zero-order valence-corrected chi connectivity index (χ0v) is 14.9. The number of thiazole rings is 1. The van der Waals surface area contributed by atoms with Gasteiger partial charge in [-0.2, -0.15) is 13.5 Å². The van der Waals surface area contributed by atoms with Gasteiger partial charge in [0.15, 0.2) is 0 Å². The van der Waals surface area contributed by atoms with E-state index in [1.807, 2.05) is 11.4 Å². The fourth-order valence-electron chi connectivity index (χ4n) is 2.23. The second-order valence-corrected chi connectivity index (χ2v) is 7.90. The quantitative estimate of drug-likeness (QED) is 0.536. The number of aryl methyl sites for hydroxylation is 1. The fourth-order valence-corrected chi connectivity index (χ4v) is 3.62. The van der Waals surface area contributed by atoms with Gasteiger partial charge in [0.05, 0.1) is 11.4 Å². The van der Waals surface area contributed by atoms with E-state index in [-0.39, 0.29) is 11.6 Å². The van der Waals surface area contributed by atoms with Crippen LogP contribution in [-0.4, -0.2) is 38.5 Å². The molecular weight excluding hydrogens is 372 g/mol. The lowest BCUT2D eigenvalue weighted by atomic mass is 10.1. The van der Waals surface area contributed by atoms with Crippen LogP contribution in [0.1, 0.15) is 11.3 Å². The average Bonchev–Trinajstić information content (AvgIpc) is 3.15. The SMILES string of the molecule is Cc1cc(-n2ccc(-c3nccs3)n2)c(CCS(=O)(=O)O)c(Cl)n1. The normalized spacial score (nSPS) is 11.8. The van der Waals surface area contributed by atoms with Gasteiger partial charge in [-0.3, -0.25) is 4.55 Å². The Morgan fingerprint density at radius 2 is 2.21 bits per heavy atom. The molecule has 0 saturated carbocycles. The molecule has 3 rings (SSSR count). The molecule has 0 amide bonds. The molecule has 0 bridgehead atoms. The molecular formula is C14H13ClN4O3S2. The van der Waals surface area contributed by atoms with E-state index in [0.717, 1.165) is 5.01 Å². The third kappa shape index (κ3) is 3.81. The van der Waals surface area contributed by atoms with Crippen molar-refractivity contribution in [3.8, 4) is 16.4 Å². The van der Waals surface area contributed by atoms with Gasteiger partial charge in [-0.05, 0) is 25.5 Å². The third-order valence-electron chi connectivity index (χ3n) is 3.28. The molecule has 126 valence electrons. The predicted octanol–water partition coefficient (Wildman–Crippen LogP) is 2.78. The molecule has 3 aromatic rings. The van der Waals surface area contributed by atoms with Crippen LogP contribution >= 0.6 is 22.9 Å². The molecule has 10 heteroatoms. The molecule has 0 unspecified atom stereocenters. The van der Waals surface area contributed by atoms with E-state index in [2.05, 4.69) is 15.1 Å². The van der Waals surface area contributed by atoms with Crippen LogP contribution in [0.2, 0.25) is 5.15 Å². The Morgan fingerprint density at radius 1 is 1.42 bits per heavy atom. The van der Waals surface area contributed by atoms with Crippen molar-refractivity contribution in [3.05, 3.63) is 46.3 Å². The number of aromatic nitrogens is 4. The lowest BCUT2D eigenvalue weighted by Crippen LogP contribution is -2.11. The largest absolute Gasteiger partial charge is 0.286 e. The van der Waals surface area contributed by atoms with Gasteiger partial charge in [-0.1, -0.05) is 11.6 Å². The first-order chi connectivity index (χ1) is 11.3. The van der Waals surface area contributed by atoms with Gasteiger partial charge in [0.1, 0.15) is 15.9 Å². The van der Waals surface area contributed by atoms with Crippen molar-refractivity contribution in [3.63, 3.8) is 0 Å². The van der Waals surface area contributed by atoms with Crippen LogP contribution in [0, 0.1) is 6.92 Å². The molecule has 0 aliphatic carbocycles. The smallest absolute Gasteiger partial charge is 0.265 e. The number of nitrogens with zero attached hydrogens (tertiary/aromatic N) is 4. The third-order valence-corrected chi connectivity index (χ3v) is 5.10. The van der Waals surface area contributed by atoms with Crippen molar-refractivity contribution in [1.29, 1.82) is 0 Å². The summed E-state index contributed by atoms with van der Waals surface area (Å²) in [6.07, 6.45) is 3.48. The van der Waals surface area contributed by atoms with Crippen LogP contribution in [0.25, 0.3) is 16.4 Å². The lowest BCUT2D eigenvalue weighted by Gasteiger charge is -2.11. The highest BCUT2D eigenvalue weighted by Gasteiger charge is 2.16. The molecule has 0 atom stereocenters. The van der Waals surface area contributed by atoms with E-state index >= 15 is 0 Å². The standard InChI is InChI=1S/C14H13ClN4O3S2/c1-9-8-12(10(13(15)17-9)3-7-24(20,21)22)19-5-2-11(18-19)14-16-4-6-23-14/h2,4-6,8H,3,7H2,1H3,(H,20,21,22). The van der Waals surface area contributed by atoms with Gasteiger partial charge < -0.3 is 0 Å². The first-order valence-electron chi connectivity index (χ1n) is 6.90. The summed E-state index contributed by atoms with van der Waals surface area (Å²) >= 11 is 7.65. The molecule has 7 nitrogen and oxygen atoms in total. The summed E-state index contributed by atoms with van der Waals surface area (Å²) in [6, 6.07) is 3.58. The maximum absolute atomic E-state index is 11.1. The molecule has 0 aliphatic heterocycles. The van der Waals surface area contributed by atoms with E-state index in [9.17, 15) is 8.42 Å². The summed E-state index contributed by atoms with van der Waals surface area (Å²) in [5, 5.41) is 7.31. The average molecular weight is 385 g/mol. The minimum absolute atomic E-state index is 0.0344. The van der Waals surface area contributed by atoms with Gasteiger partial charge in [-0.25, -0.2) is 14.6 Å². The Balaban J connectivity index is 2.03. The molecule has 24 heavy (non-hydrogen) atoms. The van der Waals surface area contributed by atoms with Crippen LogP contribution in [0.3, 0.4) is 0 Å². The van der Waals surface area contributed by atoms with Crippen molar-refractivity contribution in [1.82, 2.24) is 19.7 Å². The first kappa shape index (κ1) is 17.0. The molecule has 1 N–H and O–H groups in total. The highest BCUT2D eigenvalue weighted by molar-refractivity contribution is 7.85. The number of hydrogen-bond acceptors (Lipinski definition) is 6. The summed E-state index contributed by atoms with van der Waals surface area (Å²) < 4.78 is 32.7. The maximum atomic E-state index is 11.1. The predicted molar refractivity (Wildman–Crippen MR) is 92.3 cm³/mol. The van der Waals surface area contributed by atoms with Crippen molar-refractivity contribution in [2.45, 2.75) is 13.3 Å². The Morgan fingerprint density at radius 3 is 2.88 bits per heavy atom. The Hall–Kier alpha value is -1.81. The van der Waals surface area contributed by atoms with Crippen LogP contribution < -0.4 is 0 Å². The topological polar surface area (TPSA) is 98.0 Å². The summed E-state index contributed by atoms with van der Waals surface area (Å²) in [5.41, 5.74) is 2.51. The molecule has 3 heterocycles. The van der Waals surface area contributed by atoms with Gasteiger partial charge in [0.2, 0.25) is 0 Å². The molecule has 0 radical (unpaired) electrons. The second kappa shape index (κ2) is 6.60. The van der Waals surface area contributed by atoms with Crippen LogP contribution in [0.15, 0.2) is 29.9 Å². The zero-order chi connectivity index (χ0) is 17.3. The molecule has 0 saturated heterocycles. The van der Waals surface area contributed by atoms with Crippen LogP contribution in [-0.2, 0) is 16.5 Å². The second-order valence-electron chi connectivity index (χ2n) is 5.07. The summed E-state index contributed by atoms with van der Waals surface area (Å²) in [4.78, 5) is 8.37. The Kier molecular flexibility index (Phi) is 4.68. The number of halogens is 1. The molecule has 0 aliphatic rings. The number of rotatable bonds is 5. The van der Waals surface area contributed by atoms with Crippen LogP contribution in [0.5, 0.6) is 0 Å². The van der Waals surface area contributed by atoms with Crippen LogP contribution in [0.4, 0.5) is 0 Å². The highest BCUT2D eigenvalue weighted by Crippen LogP contribution is 2.26. The van der Waals surface area contributed by atoms with Crippen molar-refractivity contribution in [2.75, 3.05) is 5.75 Å². The van der Waals surface area contributed by atoms with E-state index in [1.54, 1.807) is 30.1 Å². The van der Waals surface area contributed by atoms with Crippen molar-refractivity contribution >= 4 is 33.1 Å². The number of pyridine rings is 1. The summed E-state index contributed by atoms with van der Waals surface area (Å²) in [7, 11) is -4.10. The van der Waals surface area contributed by atoms with E-state index in [1.165, 1.54) is 11.3 Å². The minimum Gasteiger partial charge on any atom is -0.286 e. The first-order valence-corrected chi connectivity index (χ1v) is 9.77. The zero-order valence-electron chi connectivity index (χ0n) is 12.5. The molecule has 3 aromatic heterocycles. The Labute approximate surface area is 147 Å². The highest BCUT2D eigenvalue weighted by atomic mass is 35.5. The van der Waals surface area contributed by atoms with Crippen molar-refractivity contribution in [2.24, 2.45) is 0 Å². The molecule has 0 spiro atoms. The van der Waals surface area contributed by atoms with E-state index in [0.29, 0.717) is 22.6 Å². The van der Waals surface area contributed by atoms with Gasteiger partial charge in [-0.15, -0.1) is 11.3 Å². The minimum atomic E-state index is -4.10. The lowest BCUT2D eigenvalue weighted by molar-refractivity contribution is 0.482. The van der Waals surface area contributed by atoms with E-state index < -0.39 is 15.9 Å². The van der Waals surface area contributed by atoms with Gasteiger partial charge >= 0.3 is 0 Å². The maximum Gasteiger partial charge on any atom is 0.265 e. The fraction of sp³-hybridized carbons (Fsp3) is 0.214. The monoisotopic (exact) mass is 384 g/mol. The van der Waals surface area contributed by atoms with Crippen molar-refractivity contribution < 1.29 is 13.0 Å².